The molecule has 0 saturated carbocycles. The predicted octanol–water partition coefficient (Wildman–Crippen LogP) is 4.57. The monoisotopic (exact) mass is 396 g/mol. The van der Waals surface area contributed by atoms with Crippen molar-refractivity contribution < 1.29 is 0 Å². The highest BCUT2D eigenvalue weighted by Gasteiger charge is 2.07. The van der Waals surface area contributed by atoms with Crippen LogP contribution < -0.4 is 10.2 Å². The summed E-state index contributed by atoms with van der Waals surface area (Å²) >= 11 is 7.24. The minimum atomic E-state index is 0.870. The van der Waals surface area contributed by atoms with Crippen LogP contribution in [-0.2, 0) is 13.1 Å². The van der Waals surface area contributed by atoms with Gasteiger partial charge in [0.25, 0.3) is 0 Å². The lowest BCUT2D eigenvalue weighted by Gasteiger charge is -2.21. The van der Waals surface area contributed by atoms with Crippen molar-refractivity contribution in [2.24, 2.45) is 0 Å². The molecule has 0 radical (unpaired) electrons. The van der Waals surface area contributed by atoms with Crippen LogP contribution in [0.5, 0.6) is 0 Å². The van der Waals surface area contributed by atoms with Crippen LogP contribution in [-0.4, -0.2) is 14.1 Å². The number of anilines is 1. The summed E-state index contributed by atoms with van der Waals surface area (Å²) in [5.41, 5.74) is 3.75. The van der Waals surface area contributed by atoms with Crippen LogP contribution in [0.1, 0.15) is 11.1 Å². The van der Waals surface area contributed by atoms with Gasteiger partial charge in [-0.2, -0.15) is 0 Å². The smallest absolute Gasteiger partial charge is 0.0437 e. The Kier molecular flexibility index (Phi) is 5.64. The zero-order valence-corrected chi connectivity index (χ0v) is 14.8. The topological polar surface area (TPSA) is 15.3 Å². The standard InChI is InChI=1S/C16H18Br2N2/c1-19-10-12-7-8-14(9-16(12)18)20(2)11-13-5-3-4-6-15(13)17/h3-9,19H,10-11H2,1-2H3. The molecule has 0 aliphatic heterocycles. The van der Waals surface area contributed by atoms with Gasteiger partial charge >= 0.3 is 0 Å². The summed E-state index contributed by atoms with van der Waals surface area (Å²) in [6.07, 6.45) is 0. The van der Waals surface area contributed by atoms with Crippen LogP contribution in [0.2, 0.25) is 0 Å². The third-order valence-electron chi connectivity index (χ3n) is 3.21. The second-order valence-corrected chi connectivity index (χ2v) is 6.46. The third-order valence-corrected chi connectivity index (χ3v) is 4.72. The fraction of sp³-hybridized carbons (Fsp3) is 0.250. The van der Waals surface area contributed by atoms with Crippen molar-refractivity contribution in [2.75, 3.05) is 19.0 Å². The van der Waals surface area contributed by atoms with Crippen LogP contribution in [0.3, 0.4) is 0 Å². The van der Waals surface area contributed by atoms with Crippen molar-refractivity contribution in [3.63, 3.8) is 0 Å². The number of hydrogen-bond donors (Lipinski definition) is 1. The molecule has 0 bridgehead atoms. The first-order chi connectivity index (χ1) is 9.61. The first-order valence-corrected chi connectivity index (χ1v) is 8.08. The number of halogens is 2. The molecule has 2 nitrogen and oxygen atoms in total. The number of nitrogens with one attached hydrogen (secondary N) is 1. The Morgan fingerprint density at radius 3 is 2.40 bits per heavy atom. The summed E-state index contributed by atoms with van der Waals surface area (Å²) in [4.78, 5) is 2.24. The van der Waals surface area contributed by atoms with E-state index < -0.39 is 0 Å². The largest absolute Gasteiger partial charge is 0.370 e. The van der Waals surface area contributed by atoms with E-state index in [1.807, 2.05) is 13.1 Å². The molecule has 0 heterocycles. The molecule has 0 amide bonds. The molecular formula is C16H18Br2N2. The van der Waals surface area contributed by atoms with Gasteiger partial charge in [0.05, 0.1) is 0 Å². The molecule has 20 heavy (non-hydrogen) atoms. The maximum absolute atomic E-state index is 3.64. The van der Waals surface area contributed by atoms with E-state index in [1.165, 1.54) is 16.8 Å². The van der Waals surface area contributed by atoms with Crippen molar-refractivity contribution in [2.45, 2.75) is 13.1 Å². The first kappa shape index (κ1) is 15.5. The molecule has 4 heteroatoms. The highest BCUT2D eigenvalue weighted by atomic mass is 79.9. The van der Waals surface area contributed by atoms with E-state index in [1.54, 1.807) is 0 Å². The lowest BCUT2D eigenvalue weighted by atomic mass is 10.1. The van der Waals surface area contributed by atoms with Gasteiger partial charge in [0, 0.05) is 34.8 Å². The fourth-order valence-electron chi connectivity index (χ4n) is 2.08. The molecule has 2 rings (SSSR count). The van der Waals surface area contributed by atoms with Gasteiger partial charge in [-0.15, -0.1) is 0 Å². The highest BCUT2D eigenvalue weighted by Crippen LogP contribution is 2.26. The van der Waals surface area contributed by atoms with Gasteiger partial charge in [-0.1, -0.05) is 56.1 Å². The van der Waals surface area contributed by atoms with E-state index in [9.17, 15) is 0 Å². The molecule has 1 N–H and O–H groups in total. The molecule has 0 aliphatic carbocycles. The summed E-state index contributed by atoms with van der Waals surface area (Å²) < 4.78 is 2.29. The highest BCUT2D eigenvalue weighted by molar-refractivity contribution is 9.10. The Bertz CT molecular complexity index is 584. The summed E-state index contributed by atoms with van der Waals surface area (Å²) in [5, 5.41) is 3.17. The summed E-state index contributed by atoms with van der Waals surface area (Å²) in [7, 11) is 4.07. The molecule has 0 atom stereocenters. The minimum absolute atomic E-state index is 0.870. The fourth-order valence-corrected chi connectivity index (χ4v) is 3.00. The number of rotatable bonds is 5. The van der Waals surface area contributed by atoms with Gasteiger partial charge in [-0.05, 0) is 36.4 Å². The number of benzene rings is 2. The van der Waals surface area contributed by atoms with E-state index >= 15 is 0 Å². The van der Waals surface area contributed by atoms with Crippen molar-refractivity contribution in [3.05, 3.63) is 62.5 Å². The first-order valence-electron chi connectivity index (χ1n) is 6.49. The van der Waals surface area contributed by atoms with E-state index in [-0.39, 0.29) is 0 Å². The van der Waals surface area contributed by atoms with Crippen LogP contribution in [0.15, 0.2) is 51.4 Å². The van der Waals surface area contributed by atoms with Gasteiger partial charge in [-0.3, -0.25) is 0 Å². The van der Waals surface area contributed by atoms with Gasteiger partial charge in [0.15, 0.2) is 0 Å². The van der Waals surface area contributed by atoms with Gasteiger partial charge in [0.1, 0.15) is 0 Å². The number of hydrogen-bond acceptors (Lipinski definition) is 2. The maximum atomic E-state index is 3.64. The van der Waals surface area contributed by atoms with E-state index in [0.29, 0.717) is 0 Å². The maximum Gasteiger partial charge on any atom is 0.0437 e. The van der Waals surface area contributed by atoms with Crippen molar-refractivity contribution in [1.29, 1.82) is 0 Å². The van der Waals surface area contributed by atoms with Crippen LogP contribution in [0.4, 0.5) is 5.69 Å². The molecule has 2 aromatic rings. The molecule has 106 valence electrons. The van der Waals surface area contributed by atoms with Crippen molar-refractivity contribution in [3.8, 4) is 0 Å². The second kappa shape index (κ2) is 7.25. The van der Waals surface area contributed by atoms with Crippen LogP contribution >= 0.6 is 31.9 Å². The summed E-state index contributed by atoms with van der Waals surface area (Å²) in [5.74, 6) is 0. The Hall–Kier alpha value is -0.840. The molecule has 0 aliphatic rings. The second-order valence-electron chi connectivity index (χ2n) is 4.75. The van der Waals surface area contributed by atoms with E-state index in [4.69, 9.17) is 0 Å². The Balaban J connectivity index is 2.15. The van der Waals surface area contributed by atoms with Crippen LogP contribution in [0, 0.1) is 0 Å². The van der Waals surface area contributed by atoms with Gasteiger partial charge in [0.2, 0.25) is 0 Å². The minimum Gasteiger partial charge on any atom is -0.370 e. The van der Waals surface area contributed by atoms with Gasteiger partial charge < -0.3 is 10.2 Å². The van der Waals surface area contributed by atoms with Gasteiger partial charge in [-0.25, -0.2) is 0 Å². The lowest BCUT2D eigenvalue weighted by molar-refractivity contribution is 0.813. The molecule has 0 fully saturated rings. The zero-order chi connectivity index (χ0) is 14.5. The Morgan fingerprint density at radius 1 is 1.00 bits per heavy atom. The lowest BCUT2D eigenvalue weighted by Crippen LogP contribution is -2.17. The van der Waals surface area contributed by atoms with E-state index in [2.05, 4.69) is 85.5 Å². The molecule has 0 aromatic heterocycles. The third kappa shape index (κ3) is 3.84. The van der Waals surface area contributed by atoms with Crippen molar-refractivity contribution >= 4 is 37.5 Å². The average Bonchev–Trinajstić information content (AvgIpc) is 2.43. The Labute approximate surface area is 137 Å². The van der Waals surface area contributed by atoms with E-state index in [0.717, 1.165) is 22.0 Å². The molecule has 0 saturated heterocycles. The normalized spacial score (nSPS) is 10.6. The van der Waals surface area contributed by atoms with Crippen LogP contribution in [0.25, 0.3) is 0 Å². The summed E-state index contributed by atoms with van der Waals surface area (Å²) in [6.45, 7) is 1.74. The quantitative estimate of drug-likeness (QED) is 0.794. The zero-order valence-electron chi connectivity index (χ0n) is 11.7. The molecule has 2 aromatic carbocycles. The SMILES string of the molecule is CNCc1ccc(N(C)Cc2ccccc2Br)cc1Br. The van der Waals surface area contributed by atoms with Crippen molar-refractivity contribution in [1.82, 2.24) is 5.32 Å². The predicted molar refractivity (Wildman–Crippen MR) is 93.2 cm³/mol. The number of nitrogens with zero attached hydrogens (tertiary/aromatic N) is 1. The molecule has 0 spiro atoms. The summed E-state index contributed by atoms with van der Waals surface area (Å²) in [6, 6.07) is 14.8. The average molecular weight is 398 g/mol. The Morgan fingerprint density at radius 2 is 1.75 bits per heavy atom. The molecule has 0 unspecified atom stereocenters. The molecular weight excluding hydrogens is 380 g/mol.